The van der Waals surface area contributed by atoms with Crippen molar-refractivity contribution in [2.45, 2.75) is 77.6 Å². The molecular weight excluding hydrogens is 188 g/mol. The highest BCUT2D eigenvalue weighted by Gasteiger charge is 2.16. The van der Waals surface area contributed by atoms with Gasteiger partial charge in [0.25, 0.3) is 0 Å². The van der Waals surface area contributed by atoms with Gasteiger partial charge >= 0.3 is 0 Å². The van der Waals surface area contributed by atoms with E-state index in [1.807, 2.05) is 0 Å². The summed E-state index contributed by atoms with van der Waals surface area (Å²) in [5.74, 6) is 0. The minimum absolute atomic E-state index is 0.0833. The summed E-state index contributed by atoms with van der Waals surface area (Å²) in [7, 11) is 0. The topological polar surface area (TPSA) is 18.5 Å². The molecule has 0 aromatic heterocycles. The van der Waals surface area contributed by atoms with E-state index in [4.69, 9.17) is 9.47 Å². The van der Waals surface area contributed by atoms with E-state index in [0.29, 0.717) is 6.10 Å². The molecule has 1 fully saturated rings. The van der Waals surface area contributed by atoms with Crippen LogP contribution in [0.15, 0.2) is 0 Å². The van der Waals surface area contributed by atoms with Gasteiger partial charge in [0, 0.05) is 6.61 Å². The fourth-order valence-electron chi connectivity index (χ4n) is 2.00. The van der Waals surface area contributed by atoms with E-state index in [1.165, 1.54) is 44.9 Å². The zero-order valence-corrected chi connectivity index (χ0v) is 10.3. The molecule has 1 heterocycles. The maximum absolute atomic E-state index is 5.85. The summed E-state index contributed by atoms with van der Waals surface area (Å²) in [6.07, 6.45) is 10.5. The van der Waals surface area contributed by atoms with Gasteiger partial charge in [0.05, 0.1) is 6.10 Å². The molecule has 0 spiro atoms. The van der Waals surface area contributed by atoms with Crippen molar-refractivity contribution in [3.05, 3.63) is 0 Å². The van der Waals surface area contributed by atoms with Gasteiger partial charge in [-0.25, -0.2) is 0 Å². The molecule has 0 aliphatic carbocycles. The van der Waals surface area contributed by atoms with Crippen LogP contribution in [0.4, 0.5) is 0 Å². The highest BCUT2D eigenvalue weighted by Crippen LogP contribution is 2.17. The van der Waals surface area contributed by atoms with E-state index in [2.05, 4.69) is 13.8 Å². The highest BCUT2D eigenvalue weighted by molar-refractivity contribution is 4.58. The summed E-state index contributed by atoms with van der Waals surface area (Å²) >= 11 is 0. The second-order valence-electron chi connectivity index (χ2n) is 4.59. The van der Waals surface area contributed by atoms with E-state index < -0.39 is 0 Å². The van der Waals surface area contributed by atoms with E-state index in [-0.39, 0.29) is 6.29 Å². The minimum Gasteiger partial charge on any atom is -0.353 e. The number of rotatable bonds is 7. The maximum atomic E-state index is 5.85. The van der Waals surface area contributed by atoms with Crippen LogP contribution >= 0.6 is 0 Å². The van der Waals surface area contributed by atoms with Crippen molar-refractivity contribution in [2.24, 2.45) is 0 Å². The Hall–Kier alpha value is -0.0800. The first-order valence-electron chi connectivity index (χ1n) is 6.60. The summed E-state index contributed by atoms with van der Waals surface area (Å²) in [6.45, 7) is 5.30. The van der Waals surface area contributed by atoms with Crippen LogP contribution < -0.4 is 0 Å². The van der Waals surface area contributed by atoms with Crippen molar-refractivity contribution < 1.29 is 9.47 Å². The second-order valence-corrected chi connectivity index (χ2v) is 4.59. The molecule has 0 radical (unpaired) electrons. The fourth-order valence-corrected chi connectivity index (χ4v) is 2.00. The van der Waals surface area contributed by atoms with Gasteiger partial charge in [-0.1, -0.05) is 32.6 Å². The monoisotopic (exact) mass is 214 g/mol. The first-order valence-corrected chi connectivity index (χ1v) is 6.60. The van der Waals surface area contributed by atoms with Gasteiger partial charge in [-0.3, -0.25) is 0 Å². The zero-order valence-electron chi connectivity index (χ0n) is 10.3. The molecule has 1 rings (SSSR count). The Balaban J connectivity index is 1.98. The van der Waals surface area contributed by atoms with E-state index in [9.17, 15) is 0 Å². The van der Waals surface area contributed by atoms with Crippen molar-refractivity contribution in [3.8, 4) is 0 Å². The molecule has 0 unspecified atom stereocenters. The summed E-state index contributed by atoms with van der Waals surface area (Å²) in [5.41, 5.74) is 0. The van der Waals surface area contributed by atoms with Gasteiger partial charge in [0.15, 0.2) is 6.29 Å². The van der Waals surface area contributed by atoms with Gasteiger partial charge in [-0.05, 0) is 32.6 Å². The third kappa shape index (κ3) is 6.16. The molecule has 1 aliphatic rings. The minimum atomic E-state index is 0.0833. The summed E-state index contributed by atoms with van der Waals surface area (Å²) < 4.78 is 11.4. The summed E-state index contributed by atoms with van der Waals surface area (Å²) in [5, 5.41) is 0. The maximum Gasteiger partial charge on any atom is 0.157 e. The third-order valence-corrected chi connectivity index (χ3v) is 2.99. The normalized spacial score (nSPS) is 24.0. The van der Waals surface area contributed by atoms with Crippen molar-refractivity contribution in [2.75, 3.05) is 6.61 Å². The Morgan fingerprint density at radius 2 is 2.13 bits per heavy atom. The number of unbranched alkanes of at least 4 members (excludes halogenated alkanes) is 3. The first-order chi connectivity index (χ1) is 7.33. The van der Waals surface area contributed by atoms with E-state index in [0.717, 1.165) is 13.0 Å². The Labute approximate surface area is 94.3 Å². The molecule has 90 valence electrons. The number of ether oxygens (including phenoxy) is 2. The Kier molecular flexibility index (Phi) is 7.03. The van der Waals surface area contributed by atoms with Crippen LogP contribution in [0.1, 0.15) is 65.2 Å². The third-order valence-electron chi connectivity index (χ3n) is 2.99. The van der Waals surface area contributed by atoms with Gasteiger partial charge in [0.1, 0.15) is 0 Å². The number of hydrogen-bond donors (Lipinski definition) is 0. The highest BCUT2D eigenvalue weighted by atomic mass is 16.7. The summed E-state index contributed by atoms with van der Waals surface area (Å²) in [6, 6.07) is 0. The zero-order chi connectivity index (χ0) is 10.9. The molecule has 0 aromatic carbocycles. The largest absolute Gasteiger partial charge is 0.353 e. The fraction of sp³-hybridized carbons (Fsp3) is 1.00. The first kappa shape index (κ1) is 13.0. The van der Waals surface area contributed by atoms with Gasteiger partial charge in [-0.2, -0.15) is 0 Å². The molecule has 0 aromatic rings. The summed E-state index contributed by atoms with van der Waals surface area (Å²) in [4.78, 5) is 0. The van der Waals surface area contributed by atoms with Crippen LogP contribution in [0.5, 0.6) is 0 Å². The lowest BCUT2D eigenvalue weighted by Gasteiger charge is -2.26. The predicted molar refractivity (Wildman–Crippen MR) is 62.9 cm³/mol. The lowest BCUT2D eigenvalue weighted by Crippen LogP contribution is -2.26. The van der Waals surface area contributed by atoms with Gasteiger partial charge in [-0.15, -0.1) is 0 Å². The Bertz CT molecular complexity index is 141. The molecule has 0 bridgehead atoms. The van der Waals surface area contributed by atoms with Gasteiger partial charge < -0.3 is 9.47 Å². The second kappa shape index (κ2) is 8.12. The predicted octanol–water partition coefficient (Wildman–Crippen LogP) is 3.89. The molecule has 0 amide bonds. The van der Waals surface area contributed by atoms with Crippen LogP contribution in [0.3, 0.4) is 0 Å². The quantitative estimate of drug-likeness (QED) is 0.599. The standard InChI is InChI=1S/C13H26O2/c1-3-4-5-6-9-12(2)15-13-10-7-8-11-14-13/h12-13H,3-11H2,1-2H3/t12-,13-/m0/s1. The van der Waals surface area contributed by atoms with Crippen LogP contribution in [0.25, 0.3) is 0 Å². The van der Waals surface area contributed by atoms with Crippen LogP contribution in [-0.2, 0) is 9.47 Å². The average molecular weight is 214 g/mol. The van der Waals surface area contributed by atoms with Crippen LogP contribution in [0, 0.1) is 0 Å². The van der Waals surface area contributed by atoms with Crippen molar-refractivity contribution in [1.82, 2.24) is 0 Å². The molecule has 2 atom stereocenters. The molecule has 2 heteroatoms. The Morgan fingerprint density at radius 1 is 1.27 bits per heavy atom. The number of hydrogen-bond acceptors (Lipinski definition) is 2. The Morgan fingerprint density at radius 3 is 2.80 bits per heavy atom. The van der Waals surface area contributed by atoms with E-state index >= 15 is 0 Å². The molecule has 1 saturated heterocycles. The lowest BCUT2D eigenvalue weighted by molar-refractivity contribution is -0.185. The molecular formula is C13H26O2. The van der Waals surface area contributed by atoms with Crippen molar-refractivity contribution >= 4 is 0 Å². The molecule has 1 aliphatic heterocycles. The smallest absolute Gasteiger partial charge is 0.157 e. The van der Waals surface area contributed by atoms with Crippen LogP contribution in [-0.4, -0.2) is 19.0 Å². The molecule has 2 nitrogen and oxygen atoms in total. The SMILES string of the molecule is CCCCCC[C@H](C)O[C@H]1CCCCO1. The average Bonchev–Trinajstić information content (AvgIpc) is 2.26. The molecule has 15 heavy (non-hydrogen) atoms. The molecule has 0 saturated carbocycles. The van der Waals surface area contributed by atoms with Gasteiger partial charge in [0.2, 0.25) is 0 Å². The van der Waals surface area contributed by atoms with Crippen molar-refractivity contribution in [1.29, 1.82) is 0 Å². The van der Waals surface area contributed by atoms with Crippen molar-refractivity contribution in [3.63, 3.8) is 0 Å². The lowest BCUT2D eigenvalue weighted by atomic mass is 10.1. The van der Waals surface area contributed by atoms with E-state index in [1.54, 1.807) is 0 Å². The van der Waals surface area contributed by atoms with Crippen LogP contribution in [0.2, 0.25) is 0 Å². The molecule has 0 N–H and O–H groups in total.